The van der Waals surface area contributed by atoms with Crippen LogP contribution in [-0.4, -0.2) is 4.98 Å². The maximum absolute atomic E-state index is 4.58. The first-order chi connectivity index (χ1) is 9.38. The van der Waals surface area contributed by atoms with E-state index in [1.165, 1.54) is 69.9 Å². The third kappa shape index (κ3) is 7.34. The fraction of sp³-hybridized carbons (Fsp3) is 0.722. The van der Waals surface area contributed by atoms with E-state index in [1.54, 1.807) is 0 Å². The van der Waals surface area contributed by atoms with Crippen LogP contribution in [0.5, 0.6) is 0 Å². The Labute approximate surface area is 119 Å². The summed E-state index contributed by atoms with van der Waals surface area (Å²) in [4.78, 5) is 4.58. The van der Waals surface area contributed by atoms with Gasteiger partial charge in [-0.25, -0.2) is 0 Å². The van der Waals surface area contributed by atoms with Crippen LogP contribution >= 0.6 is 0 Å². The summed E-state index contributed by atoms with van der Waals surface area (Å²) in [5.41, 5.74) is 1.32. The van der Waals surface area contributed by atoms with Gasteiger partial charge in [0.25, 0.3) is 0 Å². The average Bonchev–Trinajstić information content (AvgIpc) is 2.46. The van der Waals surface area contributed by atoms with Crippen LogP contribution < -0.4 is 0 Å². The summed E-state index contributed by atoms with van der Waals surface area (Å²) in [7, 11) is 0. The molecule has 0 fully saturated rings. The monoisotopic (exact) mass is 261 g/mol. The van der Waals surface area contributed by atoms with Gasteiger partial charge in [-0.15, -0.1) is 0 Å². The highest BCUT2D eigenvalue weighted by Gasteiger charge is 2.11. The lowest BCUT2D eigenvalue weighted by Crippen LogP contribution is -2.02. The van der Waals surface area contributed by atoms with Crippen molar-refractivity contribution in [3.8, 4) is 0 Å². The molecule has 1 heteroatoms. The van der Waals surface area contributed by atoms with Crippen LogP contribution in [0.1, 0.15) is 89.7 Å². The van der Waals surface area contributed by atoms with Gasteiger partial charge in [-0.3, -0.25) is 4.98 Å². The van der Waals surface area contributed by atoms with Crippen molar-refractivity contribution in [1.29, 1.82) is 0 Å². The molecule has 0 radical (unpaired) electrons. The molecule has 1 aromatic rings. The van der Waals surface area contributed by atoms with Crippen LogP contribution in [0.3, 0.4) is 0 Å². The highest BCUT2D eigenvalue weighted by Crippen LogP contribution is 2.26. The zero-order valence-corrected chi connectivity index (χ0v) is 12.9. The van der Waals surface area contributed by atoms with Crippen LogP contribution in [0.15, 0.2) is 24.4 Å². The minimum absolute atomic E-state index is 0.690. The van der Waals surface area contributed by atoms with E-state index in [2.05, 4.69) is 31.0 Å². The number of hydrogen-bond donors (Lipinski definition) is 0. The smallest absolute Gasteiger partial charge is 0.0434 e. The number of pyridine rings is 1. The second kappa shape index (κ2) is 11.0. The van der Waals surface area contributed by atoms with Crippen LogP contribution in [0, 0.1) is 0 Å². The molecule has 1 aromatic heterocycles. The zero-order valence-electron chi connectivity index (χ0n) is 12.9. The van der Waals surface area contributed by atoms with Crippen molar-refractivity contribution in [1.82, 2.24) is 4.98 Å². The fourth-order valence-corrected chi connectivity index (χ4v) is 2.69. The van der Waals surface area contributed by atoms with E-state index in [4.69, 9.17) is 0 Å². The fourth-order valence-electron chi connectivity index (χ4n) is 2.69. The van der Waals surface area contributed by atoms with Crippen molar-refractivity contribution in [2.24, 2.45) is 0 Å². The largest absolute Gasteiger partial charge is 0.261 e. The molecule has 19 heavy (non-hydrogen) atoms. The van der Waals surface area contributed by atoms with E-state index in [1.807, 2.05) is 12.3 Å². The summed E-state index contributed by atoms with van der Waals surface area (Å²) in [5.74, 6) is 0.690. The molecule has 0 aliphatic heterocycles. The quantitative estimate of drug-likeness (QED) is 0.438. The van der Waals surface area contributed by atoms with Crippen LogP contribution in [-0.2, 0) is 0 Å². The third-order valence-corrected chi connectivity index (χ3v) is 3.92. The molecule has 0 aromatic carbocycles. The molecule has 0 atom stereocenters. The highest BCUT2D eigenvalue weighted by atomic mass is 14.7. The Morgan fingerprint density at radius 3 is 1.95 bits per heavy atom. The van der Waals surface area contributed by atoms with Crippen LogP contribution in [0.25, 0.3) is 0 Å². The number of nitrogens with zero attached hydrogens (tertiary/aromatic N) is 1. The van der Waals surface area contributed by atoms with Crippen molar-refractivity contribution in [2.45, 2.75) is 84.0 Å². The Balaban J connectivity index is 2.39. The topological polar surface area (TPSA) is 12.9 Å². The molecule has 0 amide bonds. The lowest BCUT2D eigenvalue weighted by Gasteiger charge is -2.16. The van der Waals surface area contributed by atoms with Crippen molar-refractivity contribution in [3.05, 3.63) is 30.1 Å². The van der Waals surface area contributed by atoms with Crippen molar-refractivity contribution >= 4 is 0 Å². The molecule has 0 aliphatic rings. The van der Waals surface area contributed by atoms with Crippen molar-refractivity contribution in [3.63, 3.8) is 0 Å². The molecular weight excluding hydrogens is 230 g/mol. The molecule has 1 heterocycles. The standard InChI is InChI=1S/C18H31N/c1-3-5-7-9-13-17(14-10-8-6-4-2)18-15-11-12-16-19-18/h11-12,15-17H,3-10,13-14H2,1-2H3. The highest BCUT2D eigenvalue weighted by molar-refractivity contribution is 5.09. The van der Waals surface area contributed by atoms with Crippen molar-refractivity contribution in [2.75, 3.05) is 0 Å². The van der Waals surface area contributed by atoms with Gasteiger partial charge >= 0.3 is 0 Å². The van der Waals surface area contributed by atoms with Crippen LogP contribution in [0.2, 0.25) is 0 Å². The maximum Gasteiger partial charge on any atom is 0.0434 e. The SMILES string of the molecule is CCCCCCC(CCCCCC)c1ccccn1. The number of hydrogen-bond acceptors (Lipinski definition) is 1. The van der Waals surface area contributed by atoms with E-state index in [9.17, 15) is 0 Å². The second-order valence-corrected chi connectivity index (χ2v) is 5.65. The molecule has 0 bridgehead atoms. The normalized spacial score (nSPS) is 11.1. The average molecular weight is 261 g/mol. The summed E-state index contributed by atoms with van der Waals surface area (Å²) >= 11 is 0. The second-order valence-electron chi connectivity index (χ2n) is 5.65. The lowest BCUT2D eigenvalue weighted by molar-refractivity contribution is 0.489. The third-order valence-electron chi connectivity index (χ3n) is 3.92. The van der Waals surface area contributed by atoms with E-state index < -0.39 is 0 Å². The minimum Gasteiger partial charge on any atom is -0.261 e. The molecule has 1 nitrogen and oxygen atoms in total. The first-order valence-corrected chi connectivity index (χ1v) is 8.29. The molecule has 0 saturated carbocycles. The van der Waals surface area contributed by atoms with Crippen molar-refractivity contribution < 1.29 is 0 Å². The Hall–Kier alpha value is -0.850. The Kier molecular flexibility index (Phi) is 9.40. The van der Waals surface area contributed by atoms with Gasteiger partial charge in [0.1, 0.15) is 0 Å². The van der Waals surface area contributed by atoms with Gasteiger partial charge in [0.05, 0.1) is 0 Å². The summed E-state index contributed by atoms with van der Waals surface area (Å²) in [6, 6.07) is 6.37. The molecular formula is C18H31N. The first kappa shape index (κ1) is 16.2. The molecule has 0 unspecified atom stereocenters. The Bertz CT molecular complexity index is 282. The molecule has 1 rings (SSSR count). The number of rotatable bonds is 11. The minimum atomic E-state index is 0.690. The Morgan fingerprint density at radius 1 is 0.842 bits per heavy atom. The van der Waals surface area contributed by atoms with Gasteiger partial charge in [0.2, 0.25) is 0 Å². The predicted octanol–water partition coefficient (Wildman–Crippen LogP) is 6.11. The number of aromatic nitrogens is 1. The van der Waals surface area contributed by atoms with Gasteiger partial charge in [0.15, 0.2) is 0 Å². The van der Waals surface area contributed by atoms with E-state index in [-0.39, 0.29) is 0 Å². The van der Waals surface area contributed by atoms with E-state index in [0.29, 0.717) is 5.92 Å². The van der Waals surface area contributed by atoms with Gasteiger partial charge in [-0.1, -0.05) is 71.3 Å². The predicted molar refractivity (Wildman–Crippen MR) is 84.5 cm³/mol. The number of unbranched alkanes of at least 4 members (excludes halogenated alkanes) is 6. The van der Waals surface area contributed by atoms with Gasteiger partial charge in [-0.2, -0.15) is 0 Å². The maximum atomic E-state index is 4.58. The van der Waals surface area contributed by atoms with E-state index in [0.717, 1.165) is 0 Å². The summed E-state index contributed by atoms with van der Waals surface area (Å²) in [6.07, 6.45) is 15.5. The zero-order chi connectivity index (χ0) is 13.8. The van der Waals surface area contributed by atoms with Gasteiger partial charge in [0, 0.05) is 17.8 Å². The lowest BCUT2D eigenvalue weighted by atomic mass is 9.91. The van der Waals surface area contributed by atoms with E-state index >= 15 is 0 Å². The van der Waals surface area contributed by atoms with Gasteiger partial charge in [-0.05, 0) is 25.0 Å². The summed E-state index contributed by atoms with van der Waals surface area (Å²) in [6.45, 7) is 4.56. The molecule has 0 saturated heterocycles. The Morgan fingerprint density at radius 2 is 1.47 bits per heavy atom. The van der Waals surface area contributed by atoms with Gasteiger partial charge < -0.3 is 0 Å². The molecule has 0 aliphatic carbocycles. The summed E-state index contributed by atoms with van der Waals surface area (Å²) < 4.78 is 0. The molecule has 0 N–H and O–H groups in total. The first-order valence-electron chi connectivity index (χ1n) is 8.29. The van der Waals surface area contributed by atoms with Crippen LogP contribution in [0.4, 0.5) is 0 Å². The molecule has 108 valence electrons. The molecule has 0 spiro atoms. The summed E-state index contributed by atoms with van der Waals surface area (Å²) in [5, 5.41) is 0.